The summed E-state index contributed by atoms with van der Waals surface area (Å²) in [4.78, 5) is 16.5. The van der Waals surface area contributed by atoms with E-state index in [1.165, 1.54) is 22.3 Å². The number of pyridine rings is 1. The molecule has 0 spiro atoms. The number of aromatic nitrogens is 1. The molecule has 2 aromatic rings. The molecule has 1 N–H and O–H groups in total. The van der Waals surface area contributed by atoms with Crippen LogP contribution in [-0.4, -0.2) is 42.0 Å². The number of nitrogens with zero attached hydrogens (tertiary/aromatic N) is 2. The molecule has 0 saturated carbocycles. The predicted molar refractivity (Wildman–Crippen MR) is 98.1 cm³/mol. The van der Waals surface area contributed by atoms with Crippen molar-refractivity contribution in [3.05, 3.63) is 42.5 Å². The maximum Gasteiger partial charge on any atom is 0.244 e. The Hall–Kier alpha value is -1.84. The lowest BCUT2D eigenvalue weighted by molar-refractivity contribution is -0.120. The van der Waals surface area contributed by atoms with Gasteiger partial charge in [-0.1, -0.05) is 11.8 Å². The van der Waals surface area contributed by atoms with Crippen LogP contribution >= 0.6 is 11.8 Å². The Morgan fingerprint density at radius 1 is 1.35 bits per heavy atom. The monoisotopic (exact) mass is 395 g/mol. The second-order valence-corrected chi connectivity index (χ2v) is 9.30. The molecule has 2 aromatic heterocycles. The van der Waals surface area contributed by atoms with E-state index in [0.29, 0.717) is 30.4 Å². The Kier molecular flexibility index (Phi) is 6.00. The number of sulfonamides is 1. The lowest BCUT2D eigenvalue weighted by atomic mass is 10.4. The highest BCUT2D eigenvalue weighted by atomic mass is 32.2. The average molecular weight is 396 g/mol. The van der Waals surface area contributed by atoms with Gasteiger partial charge in [-0.2, -0.15) is 4.31 Å². The molecular weight excluding hydrogens is 374 g/mol. The van der Waals surface area contributed by atoms with Gasteiger partial charge in [0.15, 0.2) is 0 Å². The Morgan fingerprint density at radius 3 is 2.73 bits per heavy atom. The molecule has 1 aliphatic rings. The van der Waals surface area contributed by atoms with E-state index >= 15 is 0 Å². The number of amides is 1. The third kappa shape index (κ3) is 4.46. The van der Waals surface area contributed by atoms with Crippen molar-refractivity contribution >= 4 is 27.7 Å². The quantitative estimate of drug-likeness (QED) is 0.723. The molecule has 0 bridgehead atoms. The molecular formula is C17H21N3O4S2. The van der Waals surface area contributed by atoms with Crippen molar-refractivity contribution in [3.63, 3.8) is 0 Å². The fourth-order valence-corrected chi connectivity index (χ4v) is 4.91. The molecule has 0 radical (unpaired) electrons. The molecule has 1 saturated heterocycles. The highest BCUT2D eigenvalue weighted by Gasteiger charge is 2.27. The van der Waals surface area contributed by atoms with Gasteiger partial charge in [0.25, 0.3) is 0 Å². The van der Waals surface area contributed by atoms with Crippen molar-refractivity contribution in [1.29, 1.82) is 0 Å². The van der Waals surface area contributed by atoms with Crippen LogP contribution in [-0.2, 0) is 21.4 Å². The minimum Gasteiger partial charge on any atom is -0.467 e. The molecule has 0 aliphatic carbocycles. The second kappa shape index (κ2) is 8.24. The van der Waals surface area contributed by atoms with Gasteiger partial charge in [0, 0.05) is 19.3 Å². The summed E-state index contributed by atoms with van der Waals surface area (Å²) in [5.74, 6) is 0.548. The Labute approximate surface area is 157 Å². The van der Waals surface area contributed by atoms with Crippen molar-refractivity contribution in [2.24, 2.45) is 0 Å². The highest BCUT2D eigenvalue weighted by Crippen LogP contribution is 2.25. The van der Waals surface area contributed by atoms with Crippen LogP contribution in [0, 0.1) is 0 Å². The molecule has 26 heavy (non-hydrogen) atoms. The molecule has 3 rings (SSSR count). The number of hydrogen-bond donors (Lipinski definition) is 1. The minimum atomic E-state index is -3.46. The maximum absolute atomic E-state index is 12.5. The van der Waals surface area contributed by atoms with Gasteiger partial charge >= 0.3 is 0 Å². The van der Waals surface area contributed by atoms with Gasteiger partial charge < -0.3 is 9.73 Å². The molecule has 140 valence electrons. The summed E-state index contributed by atoms with van der Waals surface area (Å²) in [5.41, 5.74) is 0. The minimum absolute atomic E-state index is 0.137. The van der Waals surface area contributed by atoms with Gasteiger partial charge in [-0.25, -0.2) is 13.4 Å². The summed E-state index contributed by atoms with van der Waals surface area (Å²) in [6.45, 7) is 3.23. The van der Waals surface area contributed by atoms with Crippen LogP contribution in [0.25, 0.3) is 0 Å². The summed E-state index contributed by atoms with van der Waals surface area (Å²) in [5, 5.41) is 3.03. The number of carbonyl (C=O) groups excluding carboxylic acids is 1. The summed E-state index contributed by atoms with van der Waals surface area (Å²) in [6, 6.07) is 6.75. The molecule has 1 atom stereocenters. The maximum atomic E-state index is 12.5. The fourth-order valence-electron chi connectivity index (χ4n) is 2.63. The number of carbonyl (C=O) groups is 1. The van der Waals surface area contributed by atoms with E-state index in [4.69, 9.17) is 4.42 Å². The molecule has 7 nitrogen and oxygen atoms in total. The van der Waals surface area contributed by atoms with Crippen LogP contribution in [0.1, 0.15) is 25.5 Å². The molecule has 1 fully saturated rings. The molecule has 9 heteroatoms. The number of furan rings is 1. The average Bonchev–Trinajstić information content (AvgIpc) is 3.34. The van der Waals surface area contributed by atoms with Crippen LogP contribution in [0.15, 0.2) is 51.1 Å². The molecule has 0 aromatic carbocycles. The van der Waals surface area contributed by atoms with Crippen LogP contribution in [0.4, 0.5) is 0 Å². The predicted octanol–water partition coefficient (Wildman–Crippen LogP) is 2.26. The Bertz CT molecular complexity index is 829. The van der Waals surface area contributed by atoms with Crippen molar-refractivity contribution in [1.82, 2.24) is 14.6 Å². The van der Waals surface area contributed by atoms with E-state index in [1.807, 2.05) is 0 Å². The van der Waals surface area contributed by atoms with Crippen LogP contribution in [0.5, 0.6) is 0 Å². The van der Waals surface area contributed by atoms with Crippen LogP contribution in [0.3, 0.4) is 0 Å². The van der Waals surface area contributed by atoms with Gasteiger partial charge in [0.05, 0.1) is 23.1 Å². The molecule has 3 heterocycles. The van der Waals surface area contributed by atoms with E-state index in [9.17, 15) is 13.2 Å². The zero-order valence-corrected chi connectivity index (χ0v) is 16.1. The van der Waals surface area contributed by atoms with Gasteiger partial charge in [0.1, 0.15) is 10.7 Å². The number of nitrogens with one attached hydrogen (secondary N) is 1. The number of hydrogen-bond acceptors (Lipinski definition) is 6. The van der Waals surface area contributed by atoms with Gasteiger partial charge in [0.2, 0.25) is 15.9 Å². The summed E-state index contributed by atoms with van der Waals surface area (Å²) < 4.78 is 31.6. The smallest absolute Gasteiger partial charge is 0.244 e. The van der Waals surface area contributed by atoms with Crippen molar-refractivity contribution in [3.8, 4) is 0 Å². The van der Waals surface area contributed by atoms with Gasteiger partial charge in [-0.05, 0) is 44.0 Å². The lowest BCUT2D eigenvalue weighted by Crippen LogP contribution is -2.30. The first-order valence-electron chi connectivity index (χ1n) is 8.40. The third-order valence-corrected chi connectivity index (χ3v) is 7.03. The third-order valence-electron chi connectivity index (χ3n) is 4.10. The fraction of sp³-hybridized carbons (Fsp3) is 0.412. The molecule has 1 amide bonds. The zero-order chi connectivity index (χ0) is 18.6. The largest absolute Gasteiger partial charge is 0.467 e. The SMILES string of the molecule is C[C@@H](Sc1ccc(S(=O)(=O)N2CCCC2)cn1)C(=O)NCc1ccco1. The lowest BCUT2D eigenvalue weighted by Gasteiger charge is -2.15. The first kappa shape index (κ1) is 18.9. The second-order valence-electron chi connectivity index (χ2n) is 6.00. The van der Waals surface area contributed by atoms with Gasteiger partial charge in [-0.15, -0.1) is 0 Å². The topological polar surface area (TPSA) is 92.5 Å². The van der Waals surface area contributed by atoms with Crippen LogP contribution in [0.2, 0.25) is 0 Å². The summed E-state index contributed by atoms with van der Waals surface area (Å²) >= 11 is 1.28. The zero-order valence-electron chi connectivity index (χ0n) is 14.4. The normalized spacial score (nSPS) is 16.5. The van der Waals surface area contributed by atoms with E-state index in [-0.39, 0.29) is 16.1 Å². The summed E-state index contributed by atoms with van der Waals surface area (Å²) in [6.07, 6.45) is 4.71. The number of thioether (sulfide) groups is 1. The van der Waals surface area contributed by atoms with Crippen molar-refractivity contribution in [2.45, 2.75) is 41.5 Å². The van der Waals surface area contributed by atoms with Crippen LogP contribution < -0.4 is 5.32 Å². The van der Waals surface area contributed by atoms with Crippen molar-refractivity contribution < 1.29 is 17.6 Å². The summed E-state index contributed by atoms with van der Waals surface area (Å²) in [7, 11) is -3.46. The first-order chi connectivity index (χ1) is 12.5. The van der Waals surface area contributed by atoms with E-state index in [1.54, 1.807) is 37.5 Å². The van der Waals surface area contributed by atoms with Crippen molar-refractivity contribution in [2.75, 3.05) is 13.1 Å². The molecule has 0 unspecified atom stereocenters. The highest BCUT2D eigenvalue weighted by molar-refractivity contribution is 8.00. The number of rotatable bonds is 7. The molecule has 1 aliphatic heterocycles. The van der Waals surface area contributed by atoms with E-state index in [2.05, 4.69) is 10.3 Å². The van der Waals surface area contributed by atoms with E-state index in [0.717, 1.165) is 12.8 Å². The van der Waals surface area contributed by atoms with Gasteiger partial charge in [-0.3, -0.25) is 4.79 Å². The Balaban J connectivity index is 1.57. The first-order valence-corrected chi connectivity index (χ1v) is 10.7. The Morgan fingerprint density at radius 2 is 2.12 bits per heavy atom. The standard InChI is InChI=1S/C17H21N3O4S2/c1-13(17(21)19-11-14-5-4-10-24-14)25-16-7-6-15(12-18-16)26(22,23)20-8-2-3-9-20/h4-7,10,12-13H,2-3,8-9,11H2,1H3,(H,19,21)/t13-/m1/s1. The van der Waals surface area contributed by atoms with E-state index < -0.39 is 10.0 Å².